The fourth-order valence-electron chi connectivity index (χ4n) is 2.55. The summed E-state index contributed by atoms with van der Waals surface area (Å²) in [7, 11) is 1.44. The molecule has 0 amide bonds. The number of rotatable bonds is 5. The number of nitrogens with zero attached hydrogens (tertiary/aromatic N) is 4. The van der Waals surface area contributed by atoms with Crippen LogP contribution in [-0.2, 0) is 6.42 Å². The molecular weight excluding hydrogens is 347 g/mol. The SMILES string of the molecule is COc1cnc(CC(N)=Nc2nc(N)nc(-c3ccccc3)c2C)c(F)c1. The molecule has 0 saturated heterocycles. The highest BCUT2D eigenvalue weighted by Crippen LogP contribution is 2.28. The molecule has 3 aromatic rings. The molecule has 0 aliphatic heterocycles. The normalized spacial score (nSPS) is 11.4. The maximum absolute atomic E-state index is 14.1. The average molecular weight is 366 g/mol. The summed E-state index contributed by atoms with van der Waals surface area (Å²) in [5.41, 5.74) is 14.3. The van der Waals surface area contributed by atoms with E-state index in [1.54, 1.807) is 0 Å². The van der Waals surface area contributed by atoms with E-state index in [4.69, 9.17) is 16.2 Å². The summed E-state index contributed by atoms with van der Waals surface area (Å²) < 4.78 is 19.0. The highest BCUT2D eigenvalue weighted by molar-refractivity contribution is 5.85. The van der Waals surface area contributed by atoms with Gasteiger partial charge in [0.05, 0.1) is 31.1 Å². The molecule has 0 fully saturated rings. The van der Waals surface area contributed by atoms with Gasteiger partial charge < -0.3 is 16.2 Å². The molecule has 8 heteroatoms. The molecule has 3 rings (SSSR count). The predicted octanol–water partition coefficient (Wildman–Crippen LogP) is 2.81. The third kappa shape index (κ3) is 4.17. The van der Waals surface area contributed by atoms with Crippen LogP contribution in [0.5, 0.6) is 5.75 Å². The van der Waals surface area contributed by atoms with Crippen LogP contribution in [-0.4, -0.2) is 27.9 Å². The molecule has 0 unspecified atom stereocenters. The van der Waals surface area contributed by atoms with Crippen molar-refractivity contribution in [1.82, 2.24) is 15.0 Å². The van der Waals surface area contributed by atoms with Crippen molar-refractivity contribution in [2.24, 2.45) is 10.7 Å². The van der Waals surface area contributed by atoms with Crippen LogP contribution in [0, 0.1) is 12.7 Å². The first-order valence-electron chi connectivity index (χ1n) is 8.19. The van der Waals surface area contributed by atoms with Gasteiger partial charge in [0, 0.05) is 17.2 Å². The lowest BCUT2D eigenvalue weighted by atomic mass is 10.1. The number of nitrogen functional groups attached to an aromatic ring is 1. The zero-order valence-electron chi connectivity index (χ0n) is 15.0. The van der Waals surface area contributed by atoms with Crippen LogP contribution < -0.4 is 16.2 Å². The van der Waals surface area contributed by atoms with Crippen molar-refractivity contribution in [2.45, 2.75) is 13.3 Å². The van der Waals surface area contributed by atoms with Gasteiger partial charge in [-0.05, 0) is 6.92 Å². The lowest BCUT2D eigenvalue weighted by molar-refractivity contribution is 0.408. The van der Waals surface area contributed by atoms with Crippen LogP contribution >= 0.6 is 0 Å². The zero-order chi connectivity index (χ0) is 19.4. The van der Waals surface area contributed by atoms with Gasteiger partial charge in [-0.2, -0.15) is 4.98 Å². The third-order valence-corrected chi connectivity index (χ3v) is 3.91. The molecule has 7 nitrogen and oxygen atoms in total. The lowest BCUT2D eigenvalue weighted by Crippen LogP contribution is -2.17. The molecular formula is C19H19FN6O. The number of hydrogen-bond donors (Lipinski definition) is 2. The summed E-state index contributed by atoms with van der Waals surface area (Å²) in [4.78, 5) is 16.8. The molecule has 2 aromatic heterocycles. The summed E-state index contributed by atoms with van der Waals surface area (Å²) >= 11 is 0. The molecule has 0 bridgehead atoms. The molecule has 0 aliphatic rings. The van der Waals surface area contributed by atoms with Crippen molar-refractivity contribution in [3.05, 3.63) is 59.7 Å². The fraction of sp³-hybridized carbons (Fsp3) is 0.158. The number of aromatic nitrogens is 3. The topological polar surface area (TPSA) is 112 Å². The van der Waals surface area contributed by atoms with Crippen LogP contribution in [0.3, 0.4) is 0 Å². The van der Waals surface area contributed by atoms with E-state index in [0.29, 0.717) is 17.3 Å². The highest BCUT2D eigenvalue weighted by Gasteiger charge is 2.13. The second-order valence-electron chi connectivity index (χ2n) is 5.83. The second kappa shape index (κ2) is 7.77. The van der Waals surface area contributed by atoms with E-state index in [2.05, 4.69) is 19.9 Å². The molecule has 1 aromatic carbocycles. The Labute approximate surface area is 156 Å². The van der Waals surface area contributed by atoms with Crippen molar-refractivity contribution in [2.75, 3.05) is 12.8 Å². The van der Waals surface area contributed by atoms with E-state index < -0.39 is 5.82 Å². The number of halogens is 1. The van der Waals surface area contributed by atoms with Crippen LogP contribution in [0.2, 0.25) is 0 Å². The standard InChI is InChI=1S/C19H19FN6O/c1-11-17(12-6-4-3-5-7-12)25-19(22)26-18(11)24-16(21)9-15-14(20)8-13(27-2)10-23-15/h3-8,10H,9H2,1-2H3,(H4,21,22,24,25,26). The largest absolute Gasteiger partial charge is 0.495 e. The molecule has 27 heavy (non-hydrogen) atoms. The molecule has 138 valence electrons. The molecule has 0 spiro atoms. The van der Waals surface area contributed by atoms with Gasteiger partial charge in [0.25, 0.3) is 0 Å². The van der Waals surface area contributed by atoms with Crippen molar-refractivity contribution >= 4 is 17.6 Å². The minimum atomic E-state index is -0.517. The summed E-state index contributed by atoms with van der Waals surface area (Å²) in [6.45, 7) is 1.83. The number of aliphatic imine (C=N–C) groups is 1. The Bertz CT molecular complexity index is 991. The van der Waals surface area contributed by atoms with Crippen LogP contribution in [0.25, 0.3) is 11.3 Å². The van der Waals surface area contributed by atoms with Gasteiger partial charge in [-0.25, -0.2) is 14.4 Å². The molecule has 0 saturated carbocycles. The van der Waals surface area contributed by atoms with Gasteiger partial charge in [0.1, 0.15) is 17.4 Å². The molecule has 4 N–H and O–H groups in total. The Morgan fingerprint density at radius 3 is 2.63 bits per heavy atom. The first-order valence-corrected chi connectivity index (χ1v) is 8.19. The minimum Gasteiger partial charge on any atom is -0.495 e. The van der Waals surface area contributed by atoms with Gasteiger partial charge in [-0.1, -0.05) is 30.3 Å². The van der Waals surface area contributed by atoms with Gasteiger partial charge in [-0.3, -0.25) is 4.98 Å². The maximum Gasteiger partial charge on any atom is 0.222 e. The van der Waals surface area contributed by atoms with Crippen LogP contribution in [0.4, 0.5) is 16.2 Å². The smallest absolute Gasteiger partial charge is 0.222 e. The van der Waals surface area contributed by atoms with E-state index >= 15 is 0 Å². The number of benzene rings is 1. The number of ether oxygens (including phenoxy) is 1. The lowest BCUT2D eigenvalue weighted by Gasteiger charge is -2.09. The van der Waals surface area contributed by atoms with Gasteiger partial charge in [0.15, 0.2) is 5.82 Å². The fourth-order valence-corrected chi connectivity index (χ4v) is 2.55. The molecule has 0 atom stereocenters. The second-order valence-corrected chi connectivity index (χ2v) is 5.83. The number of nitrogens with two attached hydrogens (primary N) is 2. The first-order chi connectivity index (χ1) is 13.0. The highest BCUT2D eigenvalue weighted by atomic mass is 19.1. The molecule has 0 aliphatic carbocycles. The molecule has 0 radical (unpaired) electrons. The Morgan fingerprint density at radius 1 is 1.22 bits per heavy atom. The van der Waals surface area contributed by atoms with Crippen molar-refractivity contribution < 1.29 is 9.13 Å². The van der Waals surface area contributed by atoms with E-state index in [1.807, 2.05) is 37.3 Å². The number of anilines is 1. The third-order valence-electron chi connectivity index (χ3n) is 3.91. The van der Waals surface area contributed by atoms with E-state index in [1.165, 1.54) is 19.4 Å². The quantitative estimate of drug-likeness (QED) is 0.530. The first kappa shape index (κ1) is 18.2. The van der Waals surface area contributed by atoms with Crippen LogP contribution in [0.15, 0.2) is 47.6 Å². The monoisotopic (exact) mass is 366 g/mol. The Balaban J connectivity index is 1.93. The van der Waals surface area contributed by atoms with Crippen molar-refractivity contribution in [3.63, 3.8) is 0 Å². The van der Waals surface area contributed by atoms with Gasteiger partial charge >= 0.3 is 0 Å². The average Bonchev–Trinajstić information content (AvgIpc) is 2.66. The summed E-state index contributed by atoms with van der Waals surface area (Å²) in [5, 5.41) is 0. The zero-order valence-corrected chi connectivity index (χ0v) is 15.0. The minimum absolute atomic E-state index is 0.0276. The van der Waals surface area contributed by atoms with E-state index in [0.717, 1.165) is 11.1 Å². The van der Waals surface area contributed by atoms with Crippen molar-refractivity contribution in [3.8, 4) is 17.0 Å². The number of amidine groups is 1. The Morgan fingerprint density at radius 2 is 1.96 bits per heavy atom. The van der Waals surface area contributed by atoms with Crippen LogP contribution in [0.1, 0.15) is 11.3 Å². The van der Waals surface area contributed by atoms with E-state index in [9.17, 15) is 4.39 Å². The Hall–Kier alpha value is -3.55. The van der Waals surface area contributed by atoms with Gasteiger partial charge in [-0.15, -0.1) is 0 Å². The number of hydrogen-bond acceptors (Lipinski definition) is 6. The summed E-state index contributed by atoms with van der Waals surface area (Å²) in [6, 6.07) is 10.8. The summed E-state index contributed by atoms with van der Waals surface area (Å²) in [5.74, 6) is 0.398. The maximum atomic E-state index is 14.1. The number of methoxy groups -OCH3 is 1. The van der Waals surface area contributed by atoms with Gasteiger partial charge in [0.2, 0.25) is 5.95 Å². The van der Waals surface area contributed by atoms with E-state index in [-0.39, 0.29) is 23.9 Å². The molecule has 2 heterocycles. The Kier molecular flexibility index (Phi) is 5.25. The van der Waals surface area contributed by atoms with Crippen molar-refractivity contribution in [1.29, 1.82) is 0 Å². The summed E-state index contributed by atoms with van der Waals surface area (Å²) in [6.07, 6.45) is 1.45. The predicted molar refractivity (Wildman–Crippen MR) is 102 cm³/mol. The number of pyridine rings is 1.